The van der Waals surface area contributed by atoms with Gasteiger partial charge in [-0.15, -0.1) is 0 Å². The molecule has 1 aromatic heterocycles. The number of hydrogen-bond acceptors (Lipinski definition) is 3. The summed E-state index contributed by atoms with van der Waals surface area (Å²) in [5.41, 5.74) is 10.1. The maximum absolute atomic E-state index is 13.1. The van der Waals surface area contributed by atoms with Gasteiger partial charge in [-0.25, -0.2) is 4.39 Å². The summed E-state index contributed by atoms with van der Waals surface area (Å²) in [6.45, 7) is 1.80. The molecule has 6 heteroatoms. The third kappa shape index (κ3) is 2.43. The van der Waals surface area contributed by atoms with E-state index in [2.05, 4.69) is 15.2 Å². The molecule has 0 aliphatic heterocycles. The molecule has 0 aliphatic carbocycles. The van der Waals surface area contributed by atoms with Gasteiger partial charge < -0.3 is 4.52 Å². The van der Waals surface area contributed by atoms with Crippen LogP contribution in [0, 0.1) is 12.7 Å². The van der Waals surface area contributed by atoms with Crippen LogP contribution >= 0.6 is 0 Å². The molecule has 0 atom stereocenters. The molecule has 0 spiro atoms. The Morgan fingerprint density at radius 1 is 1.47 bits per heavy atom. The fourth-order valence-corrected chi connectivity index (χ4v) is 1.43. The minimum atomic E-state index is -0.258. The lowest BCUT2D eigenvalue weighted by Crippen LogP contribution is -1.83. The summed E-state index contributed by atoms with van der Waals surface area (Å²) in [7, 11) is 0. The van der Waals surface area contributed by atoms with Crippen LogP contribution in [0.1, 0.15) is 11.3 Å². The molecule has 0 saturated carbocycles. The minimum absolute atomic E-state index is 0.115. The van der Waals surface area contributed by atoms with Crippen molar-refractivity contribution in [2.45, 2.75) is 13.5 Å². The summed E-state index contributed by atoms with van der Waals surface area (Å²) >= 11 is 0. The highest BCUT2D eigenvalue weighted by molar-refractivity contribution is 5.59. The van der Waals surface area contributed by atoms with Gasteiger partial charge in [0.1, 0.15) is 17.3 Å². The normalized spacial score (nSPS) is 10.0. The van der Waals surface area contributed by atoms with Gasteiger partial charge in [0.2, 0.25) is 0 Å². The third-order valence-corrected chi connectivity index (χ3v) is 2.30. The van der Waals surface area contributed by atoms with Crippen molar-refractivity contribution in [1.82, 2.24) is 5.16 Å². The van der Waals surface area contributed by atoms with Gasteiger partial charge in [-0.1, -0.05) is 10.3 Å². The highest BCUT2D eigenvalue weighted by atomic mass is 19.1. The summed E-state index contributed by atoms with van der Waals surface area (Å²) in [4.78, 5) is 2.63. The largest absolute Gasteiger partial charge is 0.361 e. The number of nitrogens with zero attached hydrogens (tertiary/aromatic N) is 4. The minimum Gasteiger partial charge on any atom is -0.361 e. The first-order chi connectivity index (χ1) is 8.20. The van der Waals surface area contributed by atoms with Crippen LogP contribution in [0.15, 0.2) is 33.9 Å². The second kappa shape index (κ2) is 4.67. The molecule has 0 radical (unpaired) electrons. The Labute approximate surface area is 96.5 Å². The van der Waals surface area contributed by atoms with E-state index in [9.17, 15) is 4.39 Å². The van der Waals surface area contributed by atoms with E-state index in [0.29, 0.717) is 17.0 Å². The zero-order chi connectivity index (χ0) is 12.3. The van der Waals surface area contributed by atoms with Gasteiger partial charge >= 0.3 is 0 Å². The van der Waals surface area contributed by atoms with Crippen LogP contribution in [0.3, 0.4) is 0 Å². The molecule has 0 saturated heterocycles. The average molecular weight is 232 g/mol. The van der Waals surface area contributed by atoms with E-state index in [1.165, 1.54) is 6.07 Å². The number of azide groups is 1. The van der Waals surface area contributed by atoms with Gasteiger partial charge in [0.25, 0.3) is 0 Å². The fourth-order valence-electron chi connectivity index (χ4n) is 1.43. The Bertz CT molecular complexity index is 587. The van der Waals surface area contributed by atoms with Crippen molar-refractivity contribution in [3.8, 4) is 11.3 Å². The molecule has 0 unspecified atom stereocenters. The Hall–Kier alpha value is -2.33. The number of aryl methyl sites for hydroxylation is 1. The second-order valence-electron chi connectivity index (χ2n) is 3.53. The predicted octanol–water partition coefficient (Wildman–Crippen LogP) is 3.60. The van der Waals surface area contributed by atoms with E-state index in [4.69, 9.17) is 10.1 Å². The Kier molecular flexibility index (Phi) is 3.07. The van der Waals surface area contributed by atoms with Crippen LogP contribution in [-0.4, -0.2) is 5.16 Å². The molecule has 5 nitrogen and oxygen atoms in total. The van der Waals surface area contributed by atoms with Gasteiger partial charge in [-0.3, -0.25) is 0 Å². The number of rotatable bonds is 3. The Morgan fingerprint density at radius 3 is 3.00 bits per heavy atom. The highest BCUT2D eigenvalue weighted by Gasteiger charge is 2.07. The van der Waals surface area contributed by atoms with Crippen LogP contribution < -0.4 is 0 Å². The molecular weight excluding hydrogens is 223 g/mol. The summed E-state index contributed by atoms with van der Waals surface area (Å²) in [6, 6.07) is 6.36. The van der Waals surface area contributed by atoms with Crippen LogP contribution in [0.2, 0.25) is 0 Å². The van der Waals surface area contributed by atoms with Crippen LogP contribution in [0.25, 0.3) is 21.7 Å². The van der Waals surface area contributed by atoms with Crippen LogP contribution in [0.5, 0.6) is 0 Å². The van der Waals surface area contributed by atoms with Gasteiger partial charge in [0.15, 0.2) is 0 Å². The molecule has 0 amide bonds. The summed E-state index contributed by atoms with van der Waals surface area (Å²) in [5.74, 6) is 0.214. The first-order valence-electron chi connectivity index (χ1n) is 4.93. The van der Waals surface area contributed by atoms with Gasteiger partial charge in [0, 0.05) is 16.5 Å². The zero-order valence-corrected chi connectivity index (χ0v) is 9.09. The van der Waals surface area contributed by atoms with E-state index in [-0.39, 0.29) is 12.4 Å². The van der Waals surface area contributed by atoms with Crippen LogP contribution in [0.4, 0.5) is 4.39 Å². The molecule has 2 rings (SSSR count). The predicted molar refractivity (Wildman–Crippen MR) is 59.5 cm³/mol. The van der Waals surface area contributed by atoms with E-state index in [1.54, 1.807) is 25.1 Å². The summed E-state index contributed by atoms with van der Waals surface area (Å²) in [5, 5.41) is 7.20. The van der Waals surface area contributed by atoms with Gasteiger partial charge in [0.05, 0.1) is 6.54 Å². The molecule has 0 N–H and O–H groups in total. The van der Waals surface area contributed by atoms with E-state index in [0.717, 1.165) is 5.56 Å². The van der Waals surface area contributed by atoms with Gasteiger partial charge in [-0.05, 0) is 36.2 Å². The van der Waals surface area contributed by atoms with Crippen LogP contribution in [-0.2, 0) is 6.54 Å². The smallest absolute Gasteiger partial charge is 0.143 e. The number of benzene rings is 1. The molecule has 0 bridgehead atoms. The number of aromatic nitrogens is 1. The topological polar surface area (TPSA) is 74.8 Å². The molecule has 0 aliphatic rings. The lowest BCUT2D eigenvalue weighted by molar-refractivity contribution is 0.387. The number of hydrogen-bond donors (Lipinski definition) is 0. The first-order valence-corrected chi connectivity index (χ1v) is 4.93. The van der Waals surface area contributed by atoms with E-state index < -0.39 is 0 Å². The van der Waals surface area contributed by atoms with Crippen molar-refractivity contribution in [3.63, 3.8) is 0 Å². The number of halogens is 1. The van der Waals surface area contributed by atoms with Crippen molar-refractivity contribution in [2.75, 3.05) is 0 Å². The molecule has 86 valence electrons. The van der Waals surface area contributed by atoms with Crippen molar-refractivity contribution in [1.29, 1.82) is 0 Å². The third-order valence-electron chi connectivity index (χ3n) is 2.30. The monoisotopic (exact) mass is 232 g/mol. The molecule has 2 aromatic rings. The standard InChI is InChI=1S/C11H9FN4O/c1-7-4-8(2-3-10(7)12)11-5-9(17-15-11)6-14-16-13/h2-5H,6H2,1H3. The first kappa shape index (κ1) is 11.2. The molecule has 1 aromatic carbocycles. The fraction of sp³-hybridized carbons (Fsp3) is 0.182. The maximum atomic E-state index is 13.1. The van der Waals surface area contributed by atoms with Crippen molar-refractivity contribution in [2.24, 2.45) is 5.11 Å². The Morgan fingerprint density at radius 2 is 2.29 bits per heavy atom. The SMILES string of the molecule is Cc1cc(-c2cc(CN=[N+]=[N-])on2)ccc1F. The highest BCUT2D eigenvalue weighted by Crippen LogP contribution is 2.21. The lowest BCUT2D eigenvalue weighted by Gasteiger charge is -1.98. The Balaban J connectivity index is 2.30. The maximum Gasteiger partial charge on any atom is 0.143 e. The molecule has 0 fully saturated rings. The van der Waals surface area contributed by atoms with Gasteiger partial charge in [-0.2, -0.15) is 0 Å². The van der Waals surface area contributed by atoms with Crippen molar-refractivity contribution < 1.29 is 8.91 Å². The quantitative estimate of drug-likeness (QED) is 0.460. The molecule has 1 heterocycles. The average Bonchev–Trinajstić information content (AvgIpc) is 2.79. The summed E-state index contributed by atoms with van der Waals surface area (Å²) < 4.78 is 18.1. The zero-order valence-electron chi connectivity index (χ0n) is 9.09. The van der Waals surface area contributed by atoms with E-state index in [1.807, 2.05) is 0 Å². The lowest BCUT2D eigenvalue weighted by atomic mass is 10.1. The van der Waals surface area contributed by atoms with Crippen molar-refractivity contribution in [3.05, 3.63) is 51.8 Å². The van der Waals surface area contributed by atoms with E-state index >= 15 is 0 Å². The molecular formula is C11H9FN4O. The second-order valence-corrected chi connectivity index (χ2v) is 3.53. The van der Waals surface area contributed by atoms with Crippen molar-refractivity contribution >= 4 is 0 Å². The summed E-state index contributed by atoms with van der Waals surface area (Å²) in [6.07, 6.45) is 0. The molecule has 17 heavy (non-hydrogen) atoms.